The van der Waals surface area contributed by atoms with Gasteiger partial charge in [-0.25, -0.2) is 9.78 Å². The Balaban J connectivity index is 1.36. The van der Waals surface area contributed by atoms with Gasteiger partial charge < -0.3 is 20.0 Å². The van der Waals surface area contributed by atoms with Crippen LogP contribution in [0.1, 0.15) is 18.4 Å². The van der Waals surface area contributed by atoms with Crippen LogP contribution in [0.3, 0.4) is 0 Å². The number of hydrogen-bond acceptors (Lipinski definition) is 5. The summed E-state index contributed by atoms with van der Waals surface area (Å²) in [6.07, 6.45) is 4.23. The number of benzene rings is 1. The second-order valence-corrected chi connectivity index (χ2v) is 7.63. The van der Waals surface area contributed by atoms with Crippen LogP contribution in [-0.4, -0.2) is 60.2 Å². The minimum absolute atomic E-state index is 0.0922. The predicted molar refractivity (Wildman–Crippen MR) is 112 cm³/mol. The number of urea groups is 1. The molecule has 2 fully saturated rings. The minimum atomic E-state index is -0.0922. The van der Waals surface area contributed by atoms with Crippen LogP contribution >= 0.6 is 11.6 Å². The number of anilines is 3. The molecule has 148 valence electrons. The molecule has 7 nitrogen and oxygen atoms in total. The van der Waals surface area contributed by atoms with Gasteiger partial charge in [-0.05, 0) is 43.5 Å². The molecule has 0 radical (unpaired) electrons. The van der Waals surface area contributed by atoms with E-state index in [1.807, 2.05) is 42.3 Å². The zero-order valence-corrected chi connectivity index (χ0v) is 16.8. The molecule has 0 aliphatic carbocycles. The van der Waals surface area contributed by atoms with E-state index in [1.54, 1.807) is 0 Å². The molecule has 1 N–H and O–H groups in total. The molecule has 8 heteroatoms. The monoisotopic (exact) mass is 400 g/mol. The van der Waals surface area contributed by atoms with E-state index < -0.39 is 0 Å². The molecule has 0 saturated carbocycles. The number of carbonyl (C=O) groups is 1. The van der Waals surface area contributed by atoms with Crippen LogP contribution in [0.5, 0.6) is 0 Å². The van der Waals surface area contributed by atoms with E-state index in [-0.39, 0.29) is 6.03 Å². The maximum Gasteiger partial charge on any atom is 0.321 e. The Morgan fingerprint density at radius 1 is 1.04 bits per heavy atom. The number of hydrogen-bond donors (Lipinski definition) is 1. The molecule has 2 aliphatic rings. The lowest BCUT2D eigenvalue weighted by atomic mass is 10.2. The van der Waals surface area contributed by atoms with Crippen molar-refractivity contribution in [1.82, 2.24) is 14.9 Å². The molecule has 2 amide bonds. The number of rotatable bonds is 3. The molecule has 1 aromatic carbocycles. The van der Waals surface area contributed by atoms with Gasteiger partial charge in [-0.1, -0.05) is 17.7 Å². The number of nitrogens with one attached hydrogen (secondary N) is 1. The summed E-state index contributed by atoms with van der Waals surface area (Å²) in [5.74, 6) is 1.74. The molecule has 4 rings (SSSR count). The molecule has 0 bridgehead atoms. The van der Waals surface area contributed by atoms with E-state index in [4.69, 9.17) is 16.6 Å². The summed E-state index contributed by atoms with van der Waals surface area (Å²) in [5, 5.41) is 3.63. The number of carbonyl (C=O) groups excluding carboxylic acids is 1. The Bertz CT molecular complexity index is 846. The smallest absolute Gasteiger partial charge is 0.321 e. The van der Waals surface area contributed by atoms with Crippen molar-refractivity contribution in [2.75, 3.05) is 54.4 Å². The van der Waals surface area contributed by atoms with Crippen LogP contribution in [-0.2, 0) is 0 Å². The van der Waals surface area contributed by atoms with Gasteiger partial charge in [-0.3, -0.25) is 0 Å². The molecule has 0 spiro atoms. The lowest BCUT2D eigenvalue weighted by molar-refractivity contribution is 0.208. The summed E-state index contributed by atoms with van der Waals surface area (Å²) in [6.45, 7) is 6.75. The molecule has 1 aromatic heterocycles. The van der Waals surface area contributed by atoms with Gasteiger partial charge in [0.05, 0.1) is 0 Å². The Hall–Kier alpha value is -2.54. The largest absolute Gasteiger partial charge is 0.353 e. The highest BCUT2D eigenvalue weighted by molar-refractivity contribution is 6.31. The van der Waals surface area contributed by atoms with Crippen LogP contribution in [0.4, 0.5) is 22.2 Å². The normalized spacial score (nSPS) is 17.1. The van der Waals surface area contributed by atoms with Crippen LogP contribution in [0, 0.1) is 6.92 Å². The molecule has 2 aliphatic heterocycles. The quantitative estimate of drug-likeness (QED) is 0.855. The van der Waals surface area contributed by atoms with Crippen molar-refractivity contribution in [1.29, 1.82) is 0 Å². The first-order valence-corrected chi connectivity index (χ1v) is 10.1. The second kappa shape index (κ2) is 8.22. The highest BCUT2D eigenvalue weighted by Gasteiger charge is 2.23. The highest BCUT2D eigenvalue weighted by Crippen LogP contribution is 2.24. The van der Waals surface area contributed by atoms with Crippen molar-refractivity contribution in [3.05, 3.63) is 41.0 Å². The summed E-state index contributed by atoms with van der Waals surface area (Å²) < 4.78 is 0. The fourth-order valence-corrected chi connectivity index (χ4v) is 3.84. The molecular weight excluding hydrogens is 376 g/mol. The van der Waals surface area contributed by atoms with Crippen molar-refractivity contribution in [3.63, 3.8) is 0 Å². The number of nitrogens with zero attached hydrogens (tertiary/aromatic N) is 5. The van der Waals surface area contributed by atoms with Gasteiger partial charge in [0.2, 0.25) is 5.95 Å². The van der Waals surface area contributed by atoms with Gasteiger partial charge in [0, 0.05) is 56.2 Å². The minimum Gasteiger partial charge on any atom is -0.353 e. The summed E-state index contributed by atoms with van der Waals surface area (Å²) >= 11 is 6.14. The number of aromatic nitrogens is 2. The van der Waals surface area contributed by atoms with Crippen LogP contribution in [0.2, 0.25) is 5.02 Å². The molecule has 28 heavy (non-hydrogen) atoms. The van der Waals surface area contributed by atoms with Crippen molar-refractivity contribution in [2.24, 2.45) is 0 Å². The Kier molecular flexibility index (Phi) is 5.52. The van der Waals surface area contributed by atoms with E-state index in [2.05, 4.69) is 20.1 Å². The van der Waals surface area contributed by atoms with E-state index >= 15 is 0 Å². The second-order valence-electron chi connectivity index (χ2n) is 7.23. The number of amides is 2. The Morgan fingerprint density at radius 3 is 2.54 bits per heavy atom. The van der Waals surface area contributed by atoms with Crippen LogP contribution < -0.4 is 15.1 Å². The van der Waals surface area contributed by atoms with Gasteiger partial charge in [0.15, 0.2) is 0 Å². The maximum atomic E-state index is 12.6. The third-order valence-corrected chi connectivity index (χ3v) is 5.83. The lowest BCUT2D eigenvalue weighted by Crippen LogP contribution is -2.50. The summed E-state index contributed by atoms with van der Waals surface area (Å²) in [5.41, 5.74) is 1.64. The SMILES string of the molecule is Cc1c(Cl)cccc1NC(=O)N1CCN(c2ccnc(N3CCCC3)n2)CC1. The summed E-state index contributed by atoms with van der Waals surface area (Å²) in [7, 11) is 0. The average molecular weight is 401 g/mol. The van der Waals surface area contributed by atoms with Gasteiger partial charge >= 0.3 is 6.03 Å². The van der Waals surface area contributed by atoms with Gasteiger partial charge in [-0.15, -0.1) is 0 Å². The fourth-order valence-electron chi connectivity index (χ4n) is 3.66. The molecule has 3 heterocycles. The van der Waals surface area contributed by atoms with Crippen molar-refractivity contribution < 1.29 is 4.79 Å². The molecule has 0 atom stereocenters. The first kappa shape index (κ1) is 18.8. The fraction of sp³-hybridized carbons (Fsp3) is 0.450. The van der Waals surface area contributed by atoms with E-state index in [0.29, 0.717) is 18.1 Å². The van der Waals surface area contributed by atoms with Gasteiger partial charge in [-0.2, -0.15) is 4.98 Å². The average Bonchev–Trinajstić information content (AvgIpc) is 3.27. The van der Waals surface area contributed by atoms with Crippen LogP contribution in [0.25, 0.3) is 0 Å². The summed E-state index contributed by atoms with van der Waals surface area (Å²) in [6, 6.07) is 7.39. The topological polar surface area (TPSA) is 64.6 Å². The Morgan fingerprint density at radius 2 is 1.79 bits per heavy atom. The summed E-state index contributed by atoms with van der Waals surface area (Å²) in [4.78, 5) is 28.1. The lowest BCUT2D eigenvalue weighted by Gasteiger charge is -2.35. The molecular formula is C20H25ClN6O. The third kappa shape index (κ3) is 3.99. The van der Waals surface area contributed by atoms with Crippen molar-refractivity contribution >= 4 is 35.1 Å². The van der Waals surface area contributed by atoms with E-state index in [1.165, 1.54) is 12.8 Å². The van der Waals surface area contributed by atoms with E-state index in [9.17, 15) is 4.79 Å². The van der Waals surface area contributed by atoms with Gasteiger partial charge in [0.1, 0.15) is 5.82 Å². The standard InChI is InChI=1S/C20H25ClN6O/c1-15-16(21)5-4-6-17(15)23-20(28)27-13-11-25(12-14-27)18-7-8-22-19(24-18)26-9-2-3-10-26/h4-8H,2-3,9-14H2,1H3,(H,23,28). The number of piperazine rings is 1. The number of halogens is 1. The molecule has 0 unspecified atom stereocenters. The third-order valence-electron chi connectivity index (χ3n) is 5.42. The Labute approximate surface area is 170 Å². The van der Waals surface area contributed by atoms with Crippen molar-refractivity contribution in [3.8, 4) is 0 Å². The van der Waals surface area contributed by atoms with Crippen molar-refractivity contribution in [2.45, 2.75) is 19.8 Å². The highest BCUT2D eigenvalue weighted by atomic mass is 35.5. The first-order chi connectivity index (χ1) is 13.6. The molecule has 2 aromatic rings. The first-order valence-electron chi connectivity index (χ1n) is 9.76. The molecule has 2 saturated heterocycles. The zero-order chi connectivity index (χ0) is 19.5. The zero-order valence-electron chi connectivity index (χ0n) is 16.1. The van der Waals surface area contributed by atoms with E-state index in [0.717, 1.165) is 49.2 Å². The maximum absolute atomic E-state index is 12.6. The van der Waals surface area contributed by atoms with Gasteiger partial charge in [0.25, 0.3) is 0 Å². The predicted octanol–water partition coefficient (Wildman–Crippen LogP) is 3.39. The van der Waals surface area contributed by atoms with Crippen LogP contribution in [0.15, 0.2) is 30.5 Å².